The van der Waals surface area contributed by atoms with E-state index in [1.54, 1.807) is 13.0 Å². The van der Waals surface area contributed by atoms with Crippen molar-refractivity contribution < 1.29 is 13.5 Å². The minimum absolute atomic E-state index is 0.0579. The van der Waals surface area contributed by atoms with Crippen LogP contribution in [0.4, 0.5) is 8.78 Å². The predicted octanol–water partition coefficient (Wildman–Crippen LogP) is 7.96. The van der Waals surface area contributed by atoms with Gasteiger partial charge in [-0.05, 0) is 79.4 Å². The standard InChI is InChI=1S/C35H32F2OP/c1-2-38-33-25-24-32(34(36)35(33)37)28-22-20-27(21-23-28)13-12-26-39(29-14-6-3-7-15-29,30-16-8-4-9-17-30)31-18-10-5-11-19-31/h3-11,14-25H,2,12-13,26H2,1H3/q+1. The maximum absolute atomic E-state index is 14.7. The van der Waals surface area contributed by atoms with Crippen LogP contribution in [0.3, 0.4) is 0 Å². The summed E-state index contributed by atoms with van der Waals surface area (Å²) in [5.41, 5.74) is 2.07. The third-order valence-corrected chi connectivity index (χ3v) is 11.7. The first-order valence-electron chi connectivity index (χ1n) is 13.4. The number of rotatable bonds is 10. The van der Waals surface area contributed by atoms with E-state index in [1.807, 2.05) is 24.3 Å². The summed E-state index contributed by atoms with van der Waals surface area (Å²) in [6, 6.07) is 43.6. The van der Waals surface area contributed by atoms with Gasteiger partial charge in [0.1, 0.15) is 23.2 Å². The Morgan fingerprint density at radius 3 is 1.59 bits per heavy atom. The molecule has 0 aromatic heterocycles. The highest BCUT2D eigenvalue weighted by atomic mass is 31.2. The first kappa shape index (κ1) is 26.8. The fourth-order valence-electron chi connectivity index (χ4n) is 5.27. The molecule has 0 saturated heterocycles. The van der Waals surface area contributed by atoms with Crippen molar-refractivity contribution >= 4 is 23.2 Å². The zero-order chi connectivity index (χ0) is 27.1. The summed E-state index contributed by atoms with van der Waals surface area (Å²) < 4.78 is 34.3. The van der Waals surface area contributed by atoms with Crippen molar-refractivity contribution in [3.63, 3.8) is 0 Å². The van der Waals surface area contributed by atoms with Crippen LogP contribution < -0.4 is 20.7 Å². The lowest BCUT2D eigenvalue weighted by atomic mass is 10.0. The van der Waals surface area contributed by atoms with Gasteiger partial charge in [-0.25, -0.2) is 4.39 Å². The highest BCUT2D eigenvalue weighted by molar-refractivity contribution is 7.95. The van der Waals surface area contributed by atoms with Crippen LogP contribution in [0.15, 0.2) is 127 Å². The van der Waals surface area contributed by atoms with Crippen LogP contribution in [0, 0.1) is 11.6 Å². The Hall–Kier alpha value is -3.81. The molecular weight excluding hydrogens is 505 g/mol. The highest BCUT2D eigenvalue weighted by Crippen LogP contribution is 2.55. The van der Waals surface area contributed by atoms with E-state index in [0.717, 1.165) is 19.0 Å². The molecule has 0 aliphatic rings. The first-order chi connectivity index (χ1) is 19.1. The summed E-state index contributed by atoms with van der Waals surface area (Å²) in [6.45, 7) is 2.03. The van der Waals surface area contributed by atoms with Crippen molar-refractivity contribution in [1.29, 1.82) is 0 Å². The number of aryl methyl sites for hydroxylation is 1. The van der Waals surface area contributed by atoms with E-state index in [4.69, 9.17) is 4.74 Å². The topological polar surface area (TPSA) is 9.23 Å². The molecule has 5 aromatic carbocycles. The van der Waals surface area contributed by atoms with E-state index in [0.29, 0.717) is 5.56 Å². The number of hydrogen-bond acceptors (Lipinski definition) is 1. The molecular formula is C35H32F2OP+. The minimum atomic E-state index is -1.87. The fraction of sp³-hybridized carbons (Fsp3) is 0.143. The number of benzene rings is 5. The predicted molar refractivity (Wildman–Crippen MR) is 161 cm³/mol. The summed E-state index contributed by atoms with van der Waals surface area (Å²) in [4.78, 5) is 0. The van der Waals surface area contributed by atoms with Crippen LogP contribution in [0.5, 0.6) is 5.75 Å². The molecule has 0 aliphatic heterocycles. The van der Waals surface area contributed by atoms with Crippen molar-refractivity contribution in [3.05, 3.63) is 145 Å². The fourth-order valence-corrected chi connectivity index (χ4v) is 9.62. The average Bonchev–Trinajstić information content (AvgIpc) is 3.00. The second-order valence-corrected chi connectivity index (χ2v) is 13.1. The zero-order valence-corrected chi connectivity index (χ0v) is 23.0. The summed E-state index contributed by atoms with van der Waals surface area (Å²) in [5, 5.41) is 4.14. The zero-order valence-electron chi connectivity index (χ0n) is 22.1. The summed E-state index contributed by atoms with van der Waals surface area (Å²) in [7, 11) is -1.87. The molecule has 0 fully saturated rings. The average molecular weight is 538 g/mol. The Labute approximate surface area is 230 Å². The van der Waals surface area contributed by atoms with Crippen molar-refractivity contribution in [1.82, 2.24) is 0 Å². The van der Waals surface area contributed by atoms with Gasteiger partial charge in [0.25, 0.3) is 0 Å². The van der Waals surface area contributed by atoms with Gasteiger partial charge in [0.2, 0.25) is 5.82 Å². The van der Waals surface area contributed by atoms with E-state index in [1.165, 1.54) is 27.5 Å². The summed E-state index contributed by atoms with van der Waals surface area (Å²) in [5.74, 6) is -1.88. The molecule has 0 N–H and O–H groups in total. The normalized spacial score (nSPS) is 11.4. The lowest BCUT2D eigenvalue weighted by Crippen LogP contribution is -2.33. The second-order valence-electron chi connectivity index (χ2n) is 9.51. The molecule has 0 heterocycles. The Morgan fingerprint density at radius 1 is 0.590 bits per heavy atom. The maximum Gasteiger partial charge on any atom is 0.201 e. The minimum Gasteiger partial charge on any atom is -0.491 e. The molecule has 0 amide bonds. The Balaban J connectivity index is 1.41. The van der Waals surface area contributed by atoms with Gasteiger partial charge in [-0.3, -0.25) is 0 Å². The van der Waals surface area contributed by atoms with Crippen LogP contribution in [0.1, 0.15) is 18.9 Å². The summed E-state index contributed by atoms with van der Waals surface area (Å²) >= 11 is 0. The maximum atomic E-state index is 14.7. The monoisotopic (exact) mass is 537 g/mol. The summed E-state index contributed by atoms with van der Waals surface area (Å²) in [6.07, 6.45) is 2.93. The van der Waals surface area contributed by atoms with Crippen LogP contribution in [0.25, 0.3) is 11.1 Å². The quantitative estimate of drug-likeness (QED) is 0.164. The van der Waals surface area contributed by atoms with Gasteiger partial charge >= 0.3 is 0 Å². The van der Waals surface area contributed by atoms with Gasteiger partial charge in [-0.1, -0.05) is 78.9 Å². The van der Waals surface area contributed by atoms with Gasteiger partial charge in [-0.2, -0.15) is 4.39 Å². The van der Waals surface area contributed by atoms with E-state index in [2.05, 4.69) is 91.0 Å². The van der Waals surface area contributed by atoms with Crippen molar-refractivity contribution in [2.45, 2.75) is 19.8 Å². The van der Waals surface area contributed by atoms with Gasteiger partial charge in [-0.15, -0.1) is 0 Å². The van der Waals surface area contributed by atoms with Crippen LogP contribution in [-0.4, -0.2) is 12.8 Å². The number of halogens is 2. The van der Waals surface area contributed by atoms with Gasteiger partial charge < -0.3 is 4.74 Å². The van der Waals surface area contributed by atoms with E-state index in [9.17, 15) is 8.78 Å². The molecule has 39 heavy (non-hydrogen) atoms. The Morgan fingerprint density at radius 2 is 1.10 bits per heavy atom. The lowest BCUT2D eigenvalue weighted by Gasteiger charge is -2.27. The second kappa shape index (κ2) is 12.4. The lowest BCUT2D eigenvalue weighted by molar-refractivity contribution is 0.314. The number of ether oxygens (including phenoxy) is 1. The van der Waals surface area contributed by atoms with Crippen molar-refractivity contribution in [2.75, 3.05) is 12.8 Å². The smallest absolute Gasteiger partial charge is 0.201 e. The van der Waals surface area contributed by atoms with Crippen LogP contribution in [0.2, 0.25) is 0 Å². The largest absolute Gasteiger partial charge is 0.491 e. The first-order valence-corrected chi connectivity index (χ1v) is 15.4. The molecule has 0 saturated carbocycles. The van der Waals surface area contributed by atoms with E-state index < -0.39 is 18.9 Å². The Kier molecular flexibility index (Phi) is 8.49. The van der Waals surface area contributed by atoms with Gasteiger partial charge in [0, 0.05) is 5.56 Å². The molecule has 0 bridgehead atoms. The molecule has 5 aromatic rings. The van der Waals surface area contributed by atoms with Gasteiger partial charge in [0.15, 0.2) is 11.6 Å². The van der Waals surface area contributed by atoms with E-state index >= 15 is 0 Å². The highest BCUT2D eigenvalue weighted by Gasteiger charge is 2.44. The SMILES string of the molecule is CCOc1ccc(-c2ccc(CCC[P+](c3ccccc3)(c3ccccc3)c3ccccc3)cc2)c(F)c1F. The third-order valence-electron chi connectivity index (χ3n) is 7.16. The number of hydrogen-bond donors (Lipinski definition) is 0. The molecule has 0 atom stereocenters. The van der Waals surface area contributed by atoms with Crippen molar-refractivity contribution in [3.8, 4) is 16.9 Å². The molecule has 0 spiro atoms. The molecule has 0 radical (unpaired) electrons. The van der Waals surface area contributed by atoms with Gasteiger partial charge in [0.05, 0.1) is 12.8 Å². The van der Waals surface area contributed by atoms with Crippen LogP contribution in [-0.2, 0) is 6.42 Å². The van der Waals surface area contributed by atoms with Crippen molar-refractivity contribution in [2.24, 2.45) is 0 Å². The molecule has 0 aliphatic carbocycles. The molecule has 1 nitrogen and oxygen atoms in total. The molecule has 4 heteroatoms. The molecule has 0 unspecified atom stereocenters. The molecule has 5 rings (SSSR count). The molecule has 196 valence electrons. The van der Waals surface area contributed by atoms with E-state index in [-0.39, 0.29) is 17.9 Å². The Bertz CT molecular complexity index is 1390. The van der Waals surface area contributed by atoms with Crippen LogP contribution >= 0.6 is 7.26 Å². The third kappa shape index (κ3) is 5.65.